The lowest BCUT2D eigenvalue weighted by Gasteiger charge is -2.20. The van der Waals surface area contributed by atoms with E-state index in [9.17, 15) is 35.1 Å². The van der Waals surface area contributed by atoms with Gasteiger partial charge in [0.15, 0.2) is 46.5 Å². The molecule has 0 saturated heterocycles. The van der Waals surface area contributed by atoms with Crippen molar-refractivity contribution in [1.82, 2.24) is 4.98 Å². The third-order valence-corrected chi connectivity index (χ3v) is 6.11. The van der Waals surface area contributed by atoms with Crippen LogP contribution in [0.3, 0.4) is 0 Å². The molecule has 0 bridgehead atoms. The fourth-order valence-corrected chi connectivity index (χ4v) is 4.84. The van der Waals surface area contributed by atoms with Gasteiger partial charge in [-0.3, -0.25) is 0 Å². The molecule has 146 valence electrons. The molecule has 0 aliphatic rings. The lowest BCUT2D eigenvalue weighted by molar-refractivity contribution is 0.412. The highest BCUT2D eigenvalue weighted by molar-refractivity contribution is 7.79. The van der Waals surface area contributed by atoms with Crippen LogP contribution in [0, 0.1) is 46.5 Å². The zero-order valence-corrected chi connectivity index (χ0v) is 14.8. The van der Waals surface area contributed by atoms with E-state index in [1.165, 1.54) is 12.1 Å². The van der Waals surface area contributed by atoms with Crippen LogP contribution in [0.2, 0.25) is 5.15 Å². The van der Waals surface area contributed by atoms with E-state index >= 15 is 0 Å². The second-order valence-electron chi connectivity index (χ2n) is 5.29. The molecule has 0 aliphatic heterocycles. The average molecular weight is 442 g/mol. The lowest BCUT2D eigenvalue weighted by Crippen LogP contribution is -2.29. The molecule has 1 aromatic heterocycles. The molecule has 2 aromatic carbocycles. The third kappa shape index (κ3) is 3.44. The van der Waals surface area contributed by atoms with Gasteiger partial charge in [-0.25, -0.2) is 40.1 Å². The van der Waals surface area contributed by atoms with E-state index in [1.54, 1.807) is 0 Å². The first-order chi connectivity index (χ1) is 13.1. The Labute approximate surface area is 158 Å². The SMILES string of the molecule is Fc1cc(P(c2cccc(Cl)n2)c2cc(F)c(F)c(F)c2F)c(F)c(F)c1F. The largest absolute Gasteiger partial charge is 0.236 e. The molecule has 0 spiro atoms. The monoisotopic (exact) mass is 441 g/mol. The number of hydrogen-bond acceptors (Lipinski definition) is 1. The van der Waals surface area contributed by atoms with Gasteiger partial charge < -0.3 is 0 Å². The summed E-state index contributed by atoms with van der Waals surface area (Å²) in [6.07, 6.45) is 0. The van der Waals surface area contributed by atoms with Crippen molar-refractivity contribution in [3.63, 3.8) is 0 Å². The normalized spacial score (nSPS) is 11.4. The molecule has 0 atom stereocenters. The number of benzene rings is 2. The standard InChI is InChI=1S/C17H5ClF8NP/c18-10-2-1-3-11(27-10)28(8-4-6(19)12(21)16(25)14(8)23)9-5-7(20)13(22)17(26)15(9)24/h1-5H. The van der Waals surface area contributed by atoms with Crippen LogP contribution in [0.5, 0.6) is 0 Å². The van der Waals surface area contributed by atoms with E-state index in [-0.39, 0.29) is 22.7 Å². The van der Waals surface area contributed by atoms with Crippen molar-refractivity contribution in [3.8, 4) is 0 Å². The van der Waals surface area contributed by atoms with Gasteiger partial charge in [0.25, 0.3) is 0 Å². The highest BCUT2D eigenvalue weighted by atomic mass is 35.5. The van der Waals surface area contributed by atoms with Gasteiger partial charge in [-0.1, -0.05) is 17.7 Å². The lowest BCUT2D eigenvalue weighted by atomic mass is 10.3. The van der Waals surface area contributed by atoms with Gasteiger partial charge >= 0.3 is 0 Å². The van der Waals surface area contributed by atoms with Gasteiger partial charge in [0, 0.05) is 18.5 Å². The Morgan fingerprint density at radius 1 is 0.643 bits per heavy atom. The predicted molar refractivity (Wildman–Crippen MR) is 87.6 cm³/mol. The van der Waals surface area contributed by atoms with Crippen molar-refractivity contribution >= 4 is 35.6 Å². The van der Waals surface area contributed by atoms with Crippen molar-refractivity contribution in [3.05, 3.63) is 82.0 Å². The Balaban J connectivity index is 2.40. The van der Waals surface area contributed by atoms with E-state index in [1.807, 2.05) is 0 Å². The summed E-state index contributed by atoms with van der Waals surface area (Å²) in [6.45, 7) is 0. The molecule has 3 rings (SSSR count). The Kier molecular flexibility index (Phi) is 5.59. The maximum absolute atomic E-state index is 14.4. The zero-order chi connectivity index (χ0) is 20.7. The number of hydrogen-bond donors (Lipinski definition) is 0. The minimum atomic E-state index is -2.83. The van der Waals surface area contributed by atoms with E-state index in [0.29, 0.717) is 0 Å². The number of pyridine rings is 1. The third-order valence-electron chi connectivity index (χ3n) is 3.58. The van der Waals surface area contributed by atoms with Crippen molar-refractivity contribution in [2.75, 3.05) is 0 Å². The van der Waals surface area contributed by atoms with Crippen LogP contribution in [-0.4, -0.2) is 4.98 Å². The fraction of sp³-hybridized carbons (Fsp3) is 0. The molecule has 1 nitrogen and oxygen atoms in total. The van der Waals surface area contributed by atoms with Crippen LogP contribution in [0.15, 0.2) is 30.3 Å². The second-order valence-corrected chi connectivity index (χ2v) is 7.77. The molecule has 0 fully saturated rings. The zero-order valence-electron chi connectivity index (χ0n) is 13.2. The first-order valence-electron chi connectivity index (χ1n) is 7.22. The smallest absolute Gasteiger partial charge is 0.198 e. The predicted octanol–water partition coefficient (Wildman–Crippen LogP) is 4.61. The summed E-state index contributed by atoms with van der Waals surface area (Å²) >= 11 is 5.71. The topological polar surface area (TPSA) is 12.9 Å². The average Bonchev–Trinajstić information content (AvgIpc) is 2.66. The summed E-state index contributed by atoms with van der Waals surface area (Å²) in [6, 6.07) is 4.04. The second kappa shape index (κ2) is 7.64. The van der Waals surface area contributed by atoms with Crippen LogP contribution in [0.4, 0.5) is 35.1 Å². The Morgan fingerprint density at radius 2 is 1.11 bits per heavy atom. The molecule has 11 heteroatoms. The molecular formula is C17H5ClF8NP. The summed E-state index contributed by atoms with van der Waals surface area (Å²) in [5, 5.41) is -2.15. The first-order valence-corrected chi connectivity index (χ1v) is 8.94. The minimum absolute atomic E-state index is 0.209. The molecule has 0 saturated carbocycles. The molecule has 0 amide bonds. The van der Waals surface area contributed by atoms with Crippen molar-refractivity contribution in [2.45, 2.75) is 0 Å². The first kappa shape index (κ1) is 20.5. The molecule has 28 heavy (non-hydrogen) atoms. The Bertz CT molecular complexity index is 1030. The summed E-state index contributed by atoms with van der Waals surface area (Å²) in [5.74, 6) is -16.2. The van der Waals surface area contributed by atoms with E-state index in [2.05, 4.69) is 4.98 Å². The van der Waals surface area contributed by atoms with Gasteiger partial charge in [0.05, 0.1) is 5.44 Å². The summed E-state index contributed by atoms with van der Waals surface area (Å²) in [5.41, 5.74) is -0.323. The number of rotatable bonds is 3. The Morgan fingerprint density at radius 3 is 1.54 bits per heavy atom. The Hall–Kier alpha value is -2.25. The van der Waals surface area contributed by atoms with Gasteiger partial charge in [0.1, 0.15) is 5.15 Å². The van der Waals surface area contributed by atoms with Crippen LogP contribution in [-0.2, 0) is 0 Å². The fourth-order valence-electron chi connectivity index (χ4n) is 2.34. The summed E-state index contributed by atoms with van der Waals surface area (Å²) < 4.78 is 110. The number of halogens is 9. The van der Waals surface area contributed by atoms with Crippen LogP contribution < -0.4 is 16.0 Å². The van der Waals surface area contributed by atoms with Crippen LogP contribution in [0.1, 0.15) is 0 Å². The molecule has 1 heterocycles. The maximum atomic E-state index is 14.4. The molecule has 3 aromatic rings. The van der Waals surface area contributed by atoms with E-state index in [0.717, 1.165) is 6.07 Å². The van der Waals surface area contributed by atoms with Crippen molar-refractivity contribution in [2.24, 2.45) is 0 Å². The number of nitrogens with zero attached hydrogens (tertiary/aromatic N) is 1. The van der Waals surface area contributed by atoms with Crippen LogP contribution in [0.25, 0.3) is 0 Å². The van der Waals surface area contributed by atoms with Gasteiger partial charge in [-0.2, -0.15) is 0 Å². The molecule has 0 aliphatic carbocycles. The van der Waals surface area contributed by atoms with Crippen molar-refractivity contribution in [1.29, 1.82) is 0 Å². The van der Waals surface area contributed by atoms with E-state index in [4.69, 9.17) is 11.6 Å². The maximum Gasteiger partial charge on any atom is 0.198 e. The highest BCUT2D eigenvalue weighted by Gasteiger charge is 2.32. The molecular weight excluding hydrogens is 437 g/mol. The quantitative estimate of drug-likeness (QED) is 0.190. The molecule has 0 radical (unpaired) electrons. The van der Waals surface area contributed by atoms with E-state index < -0.39 is 65.1 Å². The van der Waals surface area contributed by atoms with Crippen molar-refractivity contribution < 1.29 is 35.1 Å². The molecule has 0 N–H and O–H groups in total. The van der Waals surface area contributed by atoms with Crippen LogP contribution >= 0.6 is 19.5 Å². The number of aromatic nitrogens is 1. The molecule has 0 unspecified atom stereocenters. The summed E-state index contributed by atoms with van der Waals surface area (Å²) in [7, 11) is -2.83. The van der Waals surface area contributed by atoms with Gasteiger partial charge in [0.2, 0.25) is 0 Å². The van der Waals surface area contributed by atoms with Gasteiger partial charge in [-0.05, 0) is 24.3 Å². The van der Waals surface area contributed by atoms with Gasteiger partial charge in [-0.15, -0.1) is 0 Å². The highest BCUT2D eigenvalue weighted by Crippen LogP contribution is 2.37. The summed E-state index contributed by atoms with van der Waals surface area (Å²) in [4.78, 5) is 3.76. The minimum Gasteiger partial charge on any atom is -0.236 e.